The highest BCUT2D eigenvalue weighted by molar-refractivity contribution is 6.27. The number of aromatic nitrogens is 1. The molecule has 25 heavy (non-hydrogen) atoms. The van der Waals surface area contributed by atoms with Crippen molar-refractivity contribution in [2.24, 2.45) is 0 Å². The fourth-order valence-electron chi connectivity index (χ4n) is 4.39. The standard InChI is InChI=1S/C24H15N/c1-14-7-6-11-17-19(14)13-20-15-8-2-3-9-16(15)22-18-10-4-5-12-21(18)25-24(17)23(20)22/h2-13H,1H3. The second-order valence-electron chi connectivity index (χ2n) is 6.87. The Bertz CT molecular complexity index is 1350. The van der Waals surface area contributed by atoms with E-state index in [1.807, 2.05) is 0 Å². The van der Waals surface area contributed by atoms with Crippen molar-refractivity contribution in [1.82, 2.24) is 4.98 Å². The van der Waals surface area contributed by atoms with Gasteiger partial charge in [-0.25, -0.2) is 4.98 Å². The molecular weight excluding hydrogens is 302 g/mol. The molecule has 5 aromatic rings. The summed E-state index contributed by atoms with van der Waals surface area (Å²) in [6.45, 7) is 2.18. The highest BCUT2D eigenvalue weighted by Gasteiger charge is 2.25. The molecule has 0 radical (unpaired) electrons. The summed E-state index contributed by atoms with van der Waals surface area (Å²) in [5.41, 5.74) is 8.81. The number of nitrogens with zero attached hydrogens (tertiary/aromatic N) is 1. The summed E-state index contributed by atoms with van der Waals surface area (Å²) >= 11 is 0. The average molecular weight is 317 g/mol. The molecule has 1 aromatic heterocycles. The monoisotopic (exact) mass is 317 g/mol. The molecule has 0 N–H and O–H groups in total. The topological polar surface area (TPSA) is 12.9 Å². The first-order valence-corrected chi connectivity index (χ1v) is 8.67. The van der Waals surface area contributed by atoms with E-state index >= 15 is 0 Å². The van der Waals surface area contributed by atoms with Gasteiger partial charge >= 0.3 is 0 Å². The number of hydrogen-bond acceptors (Lipinski definition) is 1. The summed E-state index contributed by atoms with van der Waals surface area (Å²) in [5, 5.41) is 5.10. The van der Waals surface area contributed by atoms with Gasteiger partial charge in [0.15, 0.2) is 0 Å². The van der Waals surface area contributed by atoms with E-state index in [-0.39, 0.29) is 0 Å². The molecule has 0 bridgehead atoms. The quantitative estimate of drug-likeness (QED) is 0.230. The largest absolute Gasteiger partial charge is 0.247 e. The van der Waals surface area contributed by atoms with Gasteiger partial charge in [0, 0.05) is 21.7 Å². The SMILES string of the molecule is Cc1cccc2c1cc1c3c(c4ccccc4nc32)-c2ccccc2-1. The summed E-state index contributed by atoms with van der Waals surface area (Å²) in [6, 6.07) is 26.1. The lowest BCUT2D eigenvalue weighted by atomic mass is 9.96. The van der Waals surface area contributed by atoms with E-state index in [4.69, 9.17) is 4.98 Å². The Balaban J connectivity index is 2.00. The van der Waals surface area contributed by atoms with Crippen LogP contribution in [0.2, 0.25) is 0 Å². The second-order valence-corrected chi connectivity index (χ2v) is 6.87. The maximum atomic E-state index is 5.09. The highest BCUT2D eigenvalue weighted by Crippen LogP contribution is 2.51. The zero-order valence-corrected chi connectivity index (χ0v) is 13.9. The van der Waals surface area contributed by atoms with Crippen LogP contribution in [0, 0.1) is 6.92 Å². The number of aryl methyl sites for hydroxylation is 1. The minimum absolute atomic E-state index is 1.07. The van der Waals surface area contributed by atoms with Gasteiger partial charge in [-0.3, -0.25) is 0 Å². The van der Waals surface area contributed by atoms with Gasteiger partial charge in [-0.2, -0.15) is 0 Å². The first kappa shape index (κ1) is 13.1. The molecule has 0 amide bonds. The molecule has 0 saturated carbocycles. The zero-order valence-electron chi connectivity index (χ0n) is 13.9. The van der Waals surface area contributed by atoms with Crippen LogP contribution >= 0.6 is 0 Å². The third kappa shape index (κ3) is 1.56. The predicted molar refractivity (Wildman–Crippen MR) is 106 cm³/mol. The Morgan fingerprint density at radius 3 is 2.32 bits per heavy atom. The van der Waals surface area contributed by atoms with E-state index in [0.29, 0.717) is 0 Å². The highest BCUT2D eigenvalue weighted by atomic mass is 14.7. The third-order valence-electron chi connectivity index (χ3n) is 5.52. The van der Waals surface area contributed by atoms with Crippen molar-refractivity contribution in [1.29, 1.82) is 0 Å². The Labute approximate surface area is 145 Å². The van der Waals surface area contributed by atoms with Crippen molar-refractivity contribution in [2.45, 2.75) is 6.92 Å². The van der Waals surface area contributed by atoms with Gasteiger partial charge < -0.3 is 0 Å². The van der Waals surface area contributed by atoms with Gasteiger partial charge in [0.1, 0.15) is 0 Å². The van der Waals surface area contributed by atoms with Crippen LogP contribution in [0.1, 0.15) is 5.56 Å². The van der Waals surface area contributed by atoms with Crippen molar-refractivity contribution in [3.05, 3.63) is 78.4 Å². The van der Waals surface area contributed by atoms with Crippen LogP contribution in [-0.4, -0.2) is 4.98 Å². The predicted octanol–water partition coefficient (Wildman–Crippen LogP) is 6.50. The van der Waals surface area contributed by atoms with Crippen molar-refractivity contribution in [3.8, 4) is 22.3 Å². The number of hydrogen-bond donors (Lipinski definition) is 0. The van der Waals surface area contributed by atoms with Crippen molar-refractivity contribution < 1.29 is 0 Å². The van der Waals surface area contributed by atoms with Gasteiger partial charge in [-0.1, -0.05) is 60.7 Å². The average Bonchev–Trinajstić information content (AvgIpc) is 2.99. The molecule has 1 aliphatic carbocycles. The molecule has 0 fully saturated rings. The summed E-state index contributed by atoms with van der Waals surface area (Å²) in [4.78, 5) is 5.09. The molecule has 1 nitrogen and oxygen atoms in total. The van der Waals surface area contributed by atoms with Crippen LogP contribution in [0.4, 0.5) is 0 Å². The maximum absolute atomic E-state index is 5.09. The molecule has 116 valence electrons. The van der Waals surface area contributed by atoms with E-state index in [9.17, 15) is 0 Å². The molecule has 0 unspecified atom stereocenters. The van der Waals surface area contributed by atoms with Gasteiger partial charge in [0.05, 0.1) is 11.0 Å². The molecule has 0 spiro atoms. The summed E-state index contributed by atoms with van der Waals surface area (Å²) in [5.74, 6) is 0. The van der Waals surface area contributed by atoms with E-state index in [2.05, 4.69) is 79.7 Å². The Morgan fingerprint density at radius 2 is 1.40 bits per heavy atom. The van der Waals surface area contributed by atoms with Crippen molar-refractivity contribution in [3.63, 3.8) is 0 Å². The Hall–Kier alpha value is -3.19. The van der Waals surface area contributed by atoms with Crippen molar-refractivity contribution in [2.75, 3.05) is 0 Å². The molecule has 0 saturated heterocycles. The summed E-state index contributed by atoms with van der Waals surface area (Å²) < 4.78 is 0. The first-order valence-electron chi connectivity index (χ1n) is 8.67. The smallest absolute Gasteiger partial charge is 0.0800 e. The van der Waals surface area contributed by atoms with E-state index < -0.39 is 0 Å². The summed E-state index contributed by atoms with van der Waals surface area (Å²) in [6.07, 6.45) is 0. The molecule has 0 atom stereocenters. The van der Waals surface area contributed by atoms with Crippen LogP contribution in [0.15, 0.2) is 72.8 Å². The lowest BCUT2D eigenvalue weighted by molar-refractivity contribution is 1.50. The third-order valence-corrected chi connectivity index (χ3v) is 5.52. The number of benzene rings is 4. The molecule has 1 heterocycles. The van der Waals surface area contributed by atoms with Gasteiger partial charge in [-0.05, 0) is 46.7 Å². The van der Waals surface area contributed by atoms with E-state index in [1.165, 1.54) is 49.4 Å². The minimum atomic E-state index is 1.07. The molecule has 1 aliphatic rings. The van der Waals surface area contributed by atoms with E-state index in [0.717, 1.165) is 11.0 Å². The number of pyridine rings is 1. The van der Waals surface area contributed by atoms with Crippen LogP contribution in [0.25, 0.3) is 54.8 Å². The van der Waals surface area contributed by atoms with Crippen LogP contribution in [0.5, 0.6) is 0 Å². The van der Waals surface area contributed by atoms with Crippen LogP contribution in [0.3, 0.4) is 0 Å². The minimum Gasteiger partial charge on any atom is -0.247 e. The first-order chi connectivity index (χ1) is 12.3. The van der Waals surface area contributed by atoms with Crippen molar-refractivity contribution >= 4 is 32.6 Å². The van der Waals surface area contributed by atoms with Crippen LogP contribution < -0.4 is 0 Å². The zero-order chi connectivity index (χ0) is 16.5. The molecular formula is C24H15N. The van der Waals surface area contributed by atoms with Gasteiger partial charge in [0.25, 0.3) is 0 Å². The Morgan fingerprint density at radius 1 is 0.640 bits per heavy atom. The fourth-order valence-corrected chi connectivity index (χ4v) is 4.39. The fraction of sp³-hybridized carbons (Fsp3) is 0.0417. The number of para-hydroxylation sites is 1. The van der Waals surface area contributed by atoms with Crippen LogP contribution in [-0.2, 0) is 0 Å². The molecule has 1 heteroatoms. The lowest BCUT2D eigenvalue weighted by Crippen LogP contribution is -1.88. The van der Waals surface area contributed by atoms with Gasteiger partial charge in [0.2, 0.25) is 0 Å². The second kappa shape index (κ2) is 4.46. The molecule has 4 aromatic carbocycles. The number of rotatable bonds is 0. The van der Waals surface area contributed by atoms with E-state index in [1.54, 1.807) is 0 Å². The normalized spacial score (nSPS) is 12.2. The molecule has 6 rings (SSSR count). The Kier molecular flexibility index (Phi) is 2.34. The van der Waals surface area contributed by atoms with Gasteiger partial charge in [-0.15, -0.1) is 0 Å². The number of fused-ring (bicyclic) bond motifs is 7. The maximum Gasteiger partial charge on any atom is 0.0800 e. The summed E-state index contributed by atoms with van der Waals surface area (Å²) in [7, 11) is 0. The molecule has 0 aliphatic heterocycles. The lowest BCUT2D eigenvalue weighted by Gasteiger charge is -2.11.